The summed E-state index contributed by atoms with van der Waals surface area (Å²) in [5.74, 6) is -0.133. The number of aromatic amines is 1. The lowest BCUT2D eigenvalue weighted by atomic mass is 9.91. The third-order valence-electron chi connectivity index (χ3n) is 5.06. The molecule has 1 N–H and O–H groups in total. The normalized spacial score (nSPS) is 16.4. The van der Waals surface area contributed by atoms with Crippen molar-refractivity contribution < 1.29 is 4.79 Å². The first-order chi connectivity index (χ1) is 12.5. The van der Waals surface area contributed by atoms with Gasteiger partial charge < -0.3 is 14.5 Å². The van der Waals surface area contributed by atoms with Crippen LogP contribution in [0.3, 0.4) is 0 Å². The molecule has 0 spiro atoms. The molecule has 0 saturated carbocycles. The SMILES string of the molecule is Cc1cc(=O)cc(C(=O)N2Cc3[nH]cnc3C(c3ccccc3)C2)n1C. The highest BCUT2D eigenvalue weighted by molar-refractivity contribution is 5.92. The lowest BCUT2D eigenvalue weighted by Crippen LogP contribution is -2.40. The maximum absolute atomic E-state index is 13.2. The third-order valence-corrected chi connectivity index (χ3v) is 5.06. The molecule has 6 heteroatoms. The quantitative estimate of drug-likeness (QED) is 0.772. The van der Waals surface area contributed by atoms with E-state index in [2.05, 4.69) is 22.1 Å². The molecule has 6 nitrogen and oxygen atoms in total. The number of hydrogen-bond donors (Lipinski definition) is 1. The van der Waals surface area contributed by atoms with Gasteiger partial charge in [-0.25, -0.2) is 4.98 Å². The lowest BCUT2D eigenvalue weighted by molar-refractivity contribution is 0.0710. The number of carbonyl (C=O) groups excluding carboxylic acids is 1. The highest BCUT2D eigenvalue weighted by atomic mass is 16.2. The number of nitrogens with one attached hydrogen (secondary N) is 1. The van der Waals surface area contributed by atoms with Gasteiger partial charge in [-0.05, 0) is 12.5 Å². The third kappa shape index (κ3) is 2.73. The van der Waals surface area contributed by atoms with Gasteiger partial charge in [-0.15, -0.1) is 0 Å². The molecule has 0 saturated heterocycles. The molecule has 0 bridgehead atoms. The van der Waals surface area contributed by atoms with Crippen molar-refractivity contribution >= 4 is 5.91 Å². The van der Waals surface area contributed by atoms with Gasteiger partial charge >= 0.3 is 0 Å². The number of hydrogen-bond acceptors (Lipinski definition) is 3. The molecule has 1 amide bonds. The average Bonchev–Trinajstić information content (AvgIpc) is 3.12. The molecule has 4 rings (SSSR count). The zero-order valence-electron chi connectivity index (χ0n) is 14.8. The van der Waals surface area contributed by atoms with Crippen LogP contribution in [0.25, 0.3) is 0 Å². The summed E-state index contributed by atoms with van der Waals surface area (Å²) >= 11 is 0. The van der Waals surface area contributed by atoms with Crippen molar-refractivity contribution in [2.75, 3.05) is 6.54 Å². The van der Waals surface area contributed by atoms with Crippen LogP contribution in [0.2, 0.25) is 0 Å². The van der Waals surface area contributed by atoms with Crippen LogP contribution in [0.1, 0.15) is 39.1 Å². The molecule has 1 aliphatic heterocycles. The second kappa shape index (κ2) is 6.29. The van der Waals surface area contributed by atoms with Crippen LogP contribution in [0.4, 0.5) is 0 Å². The van der Waals surface area contributed by atoms with Crippen LogP contribution in [0.5, 0.6) is 0 Å². The maximum atomic E-state index is 13.2. The Morgan fingerprint density at radius 2 is 2.00 bits per heavy atom. The highest BCUT2D eigenvalue weighted by Gasteiger charge is 2.32. The van der Waals surface area contributed by atoms with E-state index in [9.17, 15) is 9.59 Å². The highest BCUT2D eigenvalue weighted by Crippen LogP contribution is 2.32. The van der Waals surface area contributed by atoms with Crippen molar-refractivity contribution in [1.29, 1.82) is 0 Å². The molecule has 0 aliphatic carbocycles. The molecule has 0 radical (unpaired) electrons. The van der Waals surface area contributed by atoms with E-state index in [1.165, 1.54) is 12.1 Å². The molecule has 2 aromatic heterocycles. The van der Waals surface area contributed by atoms with Crippen LogP contribution in [0, 0.1) is 6.92 Å². The van der Waals surface area contributed by atoms with E-state index < -0.39 is 0 Å². The Kier molecular flexibility index (Phi) is 3.95. The van der Waals surface area contributed by atoms with Gasteiger partial charge in [0.1, 0.15) is 5.69 Å². The summed E-state index contributed by atoms with van der Waals surface area (Å²) in [5, 5.41) is 0. The number of nitrogens with zero attached hydrogens (tertiary/aromatic N) is 3. The summed E-state index contributed by atoms with van der Waals surface area (Å²) in [6.45, 7) is 2.82. The molecular weight excluding hydrogens is 328 g/mol. The Morgan fingerprint density at radius 1 is 1.23 bits per heavy atom. The van der Waals surface area contributed by atoms with Crippen molar-refractivity contribution in [1.82, 2.24) is 19.4 Å². The summed E-state index contributed by atoms with van der Waals surface area (Å²) in [6.07, 6.45) is 1.68. The molecular formula is C20H20N4O2. The van der Waals surface area contributed by atoms with Gasteiger partial charge in [-0.2, -0.15) is 0 Å². The Hall–Kier alpha value is -3.15. The molecule has 0 fully saturated rings. The number of rotatable bonds is 2. The second-order valence-electron chi connectivity index (χ2n) is 6.69. The summed E-state index contributed by atoms with van der Waals surface area (Å²) < 4.78 is 1.77. The van der Waals surface area contributed by atoms with Gasteiger partial charge in [-0.3, -0.25) is 9.59 Å². The fourth-order valence-electron chi connectivity index (χ4n) is 3.56. The Morgan fingerprint density at radius 3 is 2.77 bits per heavy atom. The first kappa shape index (κ1) is 16.3. The molecule has 132 valence electrons. The number of H-pyrrole nitrogens is 1. The zero-order valence-corrected chi connectivity index (χ0v) is 14.8. The summed E-state index contributed by atoms with van der Waals surface area (Å²) in [6, 6.07) is 13.0. The molecule has 26 heavy (non-hydrogen) atoms. The van der Waals surface area contributed by atoms with Crippen LogP contribution in [-0.2, 0) is 13.6 Å². The smallest absolute Gasteiger partial charge is 0.271 e. The van der Waals surface area contributed by atoms with Crippen molar-refractivity contribution in [2.24, 2.45) is 7.05 Å². The molecule has 1 aromatic carbocycles. The van der Waals surface area contributed by atoms with Gasteiger partial charge in [-0.1, -0.05) is 30.3 Å². The number of amides is 1. The largest absolute Gasteiger partial charge is 0.347 e. The van der Waals surface area contributed by atoms with Gasteiger partial charge in [0.15, 0.2) is 5.43 Å². The minimum Gasteiger partial charge on any atom is -0.347 e. The predicted octanol–water partition coefficient (Wildman–Crippen LogP) is 2.20. The first-order valence-corrected chi connectivity index (χ1v) is 8.58. The van der Waals surface area contributed by atoms with Gasteiger partial charge in [0.2, 0.25) is 0 Å². The minimum atomic E-state index is -0.150. The summed E-state index contributed by atoms with van der Waals surface area (Å²) in [5.41, 5.74) is 4.07. The zero-order chi connectivity index (χ0) is 18.3. The summed E-state index contributed by atoms with van der Waals surface area (Å²) in [4.78, 5) is 34.5. The standard InChI is InChI=1S/C20H20N4O2/c1-13-8-15(25)9-18(23(13)2)20(26)24-10-16(14-6-4-3-5-7-14)19-17(11-24)21-12-22-19/h3-9,12,16H,10-11H2,1-2H3,(H,21,22). The molecule has 1 unspecified atom stereocenters. The second-order valence-corrected chi connectivity index (χ2v) is 6.69. The number of pyridine rings is 1. The number of aromatic nitrogens is 3. The summed E-state index contributed by atoms with van der Waals surface area (Å²) in [7, 11) is 1.81. The van der Waals surface area contributed by atoms with Crippen LogP contribution < -0.4 is 5.43 Å². The van der Waals surface area contributed by atoms with E-state index in [4.69, 9.17) is 0 Å². The Bertz CT molecular complexity index is 1020. The number of fused-ring (bicyclic) bond motifs is 1. The number of aryl methyl sites for hydroxylation is 1. The molecule has 3 heterocycles. The number of carbonyl (C=O) groups is 1. The number of benzene rings is 1. The Balaban J connectivity index is 1.73. The van der Waals surface area contributed by atoms with E-state index in [0.29, 0.717) is 18.8 Å². The van der Waals surface area contributed by atoms with E-state index in [1.807, 2.05) is 32.2 Å². The van der Waals surface area contributed by atoms with Gasteiger partial charge in [0.05, 0.1) is 24.3 Å². The van der Waals surface area contributed by atoms with E-state index in [1.54, 1.807) is 15.8 Å². The predicted molar refractivity (Wildman–Crippen MR) is 98.0 cm³/mol. The van der Waals surface area contributed by atoms with E-state index >= 15 is 0 Å². The van der Waals surface area contributed by atoms with Gasteiger partial charge in [0.25, 0.3) is 5.91 Å². The maximum Gasteiger partial charge on any atom is 0.271 e. The lowest BCUT2D eigenvalue weighted by Gasteiger charge is -2.32. The van der Waals surface area contributed by atoms with Crippen molar-refractivity contribution in [3.8, 4) is 0 Å². The first-order valence-electron chi connectivity index (χ1n) is 8.58. The fourth-order valence-corrected chi connectivity index (χ4v) is 3.56. The van der Waals surface area contributed by atoms with Crippen molar-refractivity contribution in [3.63, 3.8) is 0 Å². The average molecular weight is 348 g/mol. The fraction of sp³-hybridized carbons (Fsp3) is 0.250. The van der Waals surface area contributed by atoms with Crippen LogP contribution in [-0.4, -0.2) is 31.9 Å². The minimum absolute atomic E-state index is 0.0111. The van der Waals surface area contributed by atoms with Crippen LogP contribution in [0.15, 0.2) is 53.6 Å². The molecule has 3 aromatic rings. The Labute approximate surface area is 151 Å². The molecule has 1 atom stereocenters. The van der Waals surface area contributed by atoms with Gasteiger partial charge in [0, 0.05) is 37.3 Å². The molecule has 1 aliphatic rings. The topological polar surface area (TPSA) is 71.0 Å². The van der Waals surface area contributed by atoms with E-state index in [0.717, 1.165) is 22.6 Å². The van der Waals surface area contributed by atoms with E-state index in [-0.39, 0.29) is 17.3 Å². The van der Waals surface area contributed by atoms with Crippen molar-refractivity contribution in [2.45, 2.75) is 19.4 Å². The van der Waals surface area contributed by atoms with Crippen LogP contribution >= 0.6 is 0 Å². The monoisotopic (exact) mass is 348 g/mol. The van der Waals surface area contributed by atoms with Crippen molar-refractivity contribution in [3.05, 3.63) is 87.4 Å². The number of imidazole rings is 1.